The Kier molecular flexibility index (Phi) is 8.35. The Bertz CT molecular complexity index is 1280. The number of methoxy groups -OCH3 is 1. The fourth-order valence-electron chi connectivity index (χ4n) is 4.16. The van der Waals surface area contributed by atoms with E-state index in [4.69, 9.17) is 20.4 Å². The molecule has 0 radical (unpaired) electrons. The third-order valence-electron chi connectivity index (χ3n) is 6.18. The number of carbonyl (C=O) groups is 2. The standard InChI is InChI=1S/C23H28N4O9S/c1-35-20-8-5-17(27(31)32)13-15(20)14-36-18-6-3-16(4-7-18)23(24)10-11-26(22(23)29)19(21(28)25-30)9-12-37(2,33)34/h3-8,13,19,30H,9-12,14,24H2,1-2H3,(H,25,28). The van der Waals surface area contributed by atoms with E-state index in [1.54, 1.807) is 24.3 Å². The van der Waals surface area contributed by atoms with Crippen LogP contribution < -0.4 is 20.7 Å². The Balaban J connectivity index is 1.74. The number of sulfone groups is 1. The number of nitro benzene ring substituents is 1. The first-order valence-electron chi connectivity index (χ1n) is 11.2. The number of ether oxygens (including phenoxy) is 2. The van der Waals surface area contributed by atoms with E-state index < -0.39 is 38.2 Å². The van der Waals surface area contributed by atoms with Gasteiger partial charge < -0.3 is 20.1 Å². The van der Waals surface area contributed by atoms with Crippen LogP contribution in [0.4, 0.5) is 5.69 Å². The molecule has 4 N–H and O–H groups in total. The second-order valence-corrected chi connectivity index (χ2v) is 11.0. The van der Waals surface area contributed by atoms with Crippen LogP contribution >= 0.6 is 0 Å². The van der Waals surface area contributed by atoms with E-state index in [-0.39, 0.29) is 37.4 Å². The minimum absolute atomic E-state index is 0.0109. The van der Waals surface area contributed by atoms with Crippen molar-refractivity contribution in [1.82, 2.24) is 10.4 Å². The van der Waals surface area contributed by atoms with E-state index in [1.807, 2.05) is 0 Å². The van der Waals surface area contributed by atoms with Crippen molar-refractivity contribution in [3.05, 3.63) is 63.7 Å². The first kappa shape index (κ1) is 27.8. The number of nitrogens with one attached hydrogen (secondary N) is 1. The molecule has 13 nitrogen and oxygen atoms in total. The maximum atomic E-state index is 13.3. The summed E-state index contributed by atoms with van der Waals surface area (Å²) < 4.78 is 34.1. The monoisotopic (exact) mass is 536 g/mol. The Hall–Kier alpha value is -3.75. The molecule has 2 amide bonds. The number of benzene rings is 2. The molecule has 1 fully saturated rings. The number of rotatable bonds is 11. The number of nitrogens with two attached hydrogens (primary N) is 1. The van der Waals surface area contributed by atoms with E-state index in [0.717, 1.165) is 6.26 Å². The van der Waals surface area contributed by atoms with Gasteiger partial charge in [-0.05, 0) is 36.6 Å². The predicted molar refractivity (Wildman–Crippen MR) is 131 cm³/mol. The molecular weight excluding hydrogens is 508 g/mol. The van der Waals surface area contributed by atoms with Crippen LogP contribution in [-0.4, -0.2) is 67.0 Å². The number of amides is 2. The number of carbonyl (C=O) groups excluding carboxylic acids is 2. The lowest BCUT2D eigenvalue weighted by Crippen LogP contribution is -2.52. The third-order valence-corrected chi connectivity index (χ3v) is 7.16. The van der Waals surface area contributed by atoms with E-state index in [2.05, 4.69) is 0 Å². The highest BCUT2D eigenvalue weighted by Gasteiger charge is 2.48. The number of nitrogens with zero attached hydrogens (tertiary/aromatic N) is 2. The summed E-state index contributed by atoms with van der Waals surface area (Å²) in [5, 5.41) is 20.2. The van der Waals surface area contributed by atoms with E-state index in [1.165, 1.54) is 35.7 Å². The summed E-state index contributed by atoms with van der Waals surface area (Å²) in [5.74, 6) is -0.995. The van der Waals surface area contributed by atoms with Gasteiger partial charge in [0, 0.05) is 30.5 Å². The molecule has 200 valence electrons. The van der Waals surface area contributed by atoms with Gasteiger partial charge >= 0.3 is 0 Å². The molecule has 2 aromatic carbocycles. The number of nitro groups is 1. The van der Waals surface area contributed by atoms with Crippen LogP contribution in [0.5, 0.6) is 11.5 Å². The Labute approximate surface area is 213 Å². The molecule has 2 unspecified atom stereocenters. The van der Waals surface area contributed by atoms with Crippen molar-refractivity contribution < 1.29 is 37.6 Å². The molecule has 2 aromatic rings. The SMILES string of the molecule is COc1ccc([N+](=O)[O-])cc1COc1ccc(C2(N)CCN(C(CCS(C)(=O)=O)C(=O)NO)C2=O)cc1. The molecule has 1 saturated heterocycles. The maximum absolute atomic E-state index is 13.3. The lowest BCUT2D eigenvalue weighted by Gasteiger charge is -2.29. The smallest absolute Gasteiger partial charge is 0.270 e. The van der Waals surface area contributed by atoms with E-state index >= 15 is 0 Å². The van der Waals surface area contributed by atoms with Gasteiger partial charge in [-0.2, -0.15) is 0 Å². The Morgan fingerprint density at radius 2 is 1.97 bits per heavy atom. The molecule has 14 heteroatoms. The normalized spacial score (nSPS) is 18.4. The second-order valence-electron chi connectivity index (χ2n) is 8.70. The number of non-ortho nitro benzene ring substituents is 1. The van der Waals surface area contributed by atoms with Gasteiger partial charge in [-0.25, -0.2) is 13.9 Å². The highest BCUT2D eigenvalue weighted by molar-refractivity contribution is 7.90. The van der Waals surface area contributed by atoms with Crippen molar-refractivity contribution >= 4 is 27.3 Å². The molecule has 2 atom stereocenters. The van der Waals surface area contributed by atoms with Gasteiger partial charge in [0.05, 0.1) is 17.8 Å². The van der Waals surface area contributed by atoms with Crippen molar-refractivity contribution in [1.29, 1.82) is 0 Å². The minimum atomic E-state index is -3.42. The molecular formula is C23H28N4O9S. The van der Waals surface area contributed by atoms with Crippen LogP contribution in [0.25, 0.3) is 0 Å². The zero-order valence-corrected chi connectivity index (χ0v) is 21.1. The highest BCUT2D eigenvalue weighted by atomic mass is 32.2. The third kappa shape index (κ3) is 6.34. The van der Waals surface area contributed by atoms with Gasteiger partial charge in [0.2, 0.25) is 5.91 Å². The Morgan fingerprint density at radius 3 is 2.54 bits per heavy atom. The van der Waals surface area contributed by atoms with Crippen molar-refractivity contribution in [2.45, 2.75) is 31.0 Å². The quantitative estimate of drug-likeness (QED) is 0.211. The lowest BCUT2D eigenvalue weighted by molar-refractivity contribution is -0.385. The molecule has 1 aliphatic heterocycles. The summed E-state index contributed by atoms with van der Waals surface area (Å²) >= 11 is 0. The maximum Gasteiger partial charge on any atom is 0.270 e. The van der Waals surface area contributed by atoms with Gasteiger partial charge in [0.15, 0.2) is 0 Å². The zero-order chi connectivity index (χ0) is 27.4. The molecule has 0 saturated carbocycles. The number of likely N-dealkylation sites (tertiary alicyclic amines) is 1. The fraction of sp³-hybridized carbons (Fsp3) is 0.391. The summed E-state index contributed by atoms with van der Waals surface area (Å²) in [4.78, 5) is 37.2. The molecule has 0 aliphatic carbocycles. The molecule has 1 aliphatic rings. The predicted octanol–water partition coefficient (Wildman–Crippen LogP) is 0.877. The van der Waals surface area contributed by atoms with Crippen molar-refractivity contribution in [2.75, 3.05) is 25.7 Å². The van der Waals surface area contributed by atoms with Crippen molar-refractivity contribution in [2.24, 2.45) is 5.73 Å². The van der Waals surface area contributed by atoms with Gasteiger partial charge in [-0.3, -0.25) is 24.9 Å². The molecule has 0 aromatic heterocycles. The van der Waals surface area contributed by atoms with Gasteiger partial charge in [0.1, 0.15) is 39.5 Å². The molecule has 1 heterocycles. The fourth-order valence-corrected chi connectivity index (χ4v) is 4.81. The summed E-state index contributed by atoms with van der Waals surface area (Å²) in [6, 6.07) is 9.33. The molecule has 37 heavy (non-hydrogen) atoms. The largest absolute Gasteiger partial charge is 0.496 e. The van der Waals surface area contributed by atoms with Crippen molar-refractivity contribution in [3.63, 3.8) is 0 Å². The van der Waals surface area contributed by atoms with Gasteiger partial charge in [-0.15, -0.1) is 0 Å². The zero-order valence-electron chi connectivity index (χ0n) is 20.2. The van der Waals surface area contributed by atoms with Crippen LogP contribution in [-0.2, 0) is 31.6 Å². The molecule has 0 bridgehead atoms. The van der Waals surface area contributed by atoms with E-state index in [0.29, 0.717) is 22.6 Å². The van der Waals surface area contributed by atoms with Crippen LogP contribution in [0.1, 0.15) is 24.0 Å². The summed E-state index contributed by atoms with van der Waals surface area (Å²) in [7, 11) is -1.97. The average Bonchev–Trinajstić information content (AvgIpc) is 3.17. The molecule has 3 rings (SSSR count). The Morgan fingerprint density at radius 1 is 1.30 bits per heavy atom. The van der Waals surface area contributed by atoms with E-state index in [9.17, 15) is 28.1 Å². The highest BCUT2D eigenvalue weighted by Crippen LogP contribution is 2.34. The summed E-state index contributed by atoms with van der Waals surface area (Å²) in [5.41, 5.74) is 7.28. The summed E-state index contributed by atoms with van der Waals surface area (Å²) in [6.07, 6.45) is 0.977. The number of hydrogen-bond acceptors (Lipinski definition) is 10. The lowest BCUT2D eigenvalue weighted by atomic mass is 9.89. The van der Waals surface area contributed by atoms with Crippen LogP contribution in [0.3, 0.4) is 0 Å². The van der Waals surface area contributed by atoms with Crippen molar-refractivity contribution in [3.8, 4) is 11.5 Å². The molecule has 0 spiro atoms. The second kappa shape index (κ2) is 11.1. The van der Waals surface area contributed by atoms with Crippen LogP contribution in [0.15, 0.2) is 42.5 Å². The number of hydrogen-bond donors (Lipinski definition) is 3. The average molecular weight is 537 g/mol. The van der Waals surface area contributed by atoms with Gasteiger partial charge in [-0.1, -0.05) is 12.1 Å². The van der Waals surface area contributed by atoms with Gasteiger partial charge in [0.25, 0.3) is 11.6 Å². The number of hydroxylamine groups is 1. The van der Waals surface area contributed by atoms with Crippen LogP contribution in [0, 0.1) is 10.1 Å². The minimum Gasteiger partial charge on any atom is -0.496 e. The van der Waals surface area contributed by atoms with Crippen LogP contribution in [0.2, 0.25) is 0 Å². The first-order valence-corrected chi connectivity index (χ1v) is 13.2. The summed E-state index contributed by atoms with van der Waals surface area (Å²) in [6.45, 7) is 0.0744. The topological polar surface area (TPSA) is 191 Å². The first-order chi connectivity index (χ1) is 17.4.